The zero-order valence-corrected chi connectivity index (χ0v) is 14.0. The highest BCUT2D eigenvalue weighted by Crippen LogP contribution is 2.30. The van der Waals surface area contributed by atoms with E-state index in [0.29, 0.717) is 16.1 Å². The van der Waals surface area contributed by atoms with E-state index in [4.69, 9.17) is 11.6 Å². The lowest BCUT2D eigenvalue weighted by atomic mass is 10.2. The summed E-state index contributed by atoms with van der Waals surface area (Å²) in [7, 11) is 0. The predicted octanol–water partition coefficient (Wildman–Crippen LogP) is 5.26. The number of hydrazone groups is 1. The summed E-state index contributed by atoms with van der Waals surface area (Å²) in [5.41, 5.74) is 2.54. The number of rotatable bonds is 4. The van der Waals surface area contributed by atoms with Gasteiger partial charge in [-0.25, -0.2) is 9.97 Å². The maximum Gasteiger partial charge on any atom is 0.433 e. The van der Waals surface area contributed by atoms with Crippen LogP contribution in [0.1, 0.15) is 11.3 Å². The number of anilines is 1. The molecule has 3 aromatic rings. The van der Waals surface area contributed by atoms with Crippen LogP contribution in [0.3, 0.4) is 0 Å². The lowest BCUT2D eigenvalue weighted by Crippen LogP contribution is -2.11. The van der Waals surface area contributed by atoms with Gasteiger partial charge >= 0.3 is 6.18 Å². The molecule has 0 unspecified atom stereocenters. The third-order valence-corrected chi connectivity index (χ3v) is 3.68. The van der Waals surface area contributed by atoms with Gasteiger partial charge in [0.15, 0.2) is 17.3 Å². The first-order chi connectivity index (χ1) is 12.4. The lowest BCUT2D eigenvalue weighted by Gasteiger charge is -2.10. The van der Waals surface area contributed by atoms with E-state index in [-0.39, 0.29) is 11.6 Å². The van der Waals surface area contributed by atoms with Crippen LogP contribution in [-0.4, -0.2) is 16.2 Å². The van der Waals surface area contributed by atoms with Crippen molar-refractivity contribution in [3.8, 4) is 11.4 Å². The van der Waals surface area contributed by atoms with Crippen molar-refractivity contribution in [3.63, 3.8) is 0 Å². The highest BCUT2D eigenvalue weighted by molar-refractivity contribution is 6.33. The van der Waals surface area contributed by atoms with Gasteiger partial charge in [0, 0.05) is 22.2 Å². The van der Waals surface area contributed by atoms with Gasteiger partial charge in [-0.15, -0.1) is 0 Å². The molecule has 1 heterocycles. The topological polar surface area (TPSA) is 50.2 Å². The number of aromatic nitrogens is 2. The van der Waals surface area contributed by atoms with Gasteiger partial charge in [0.2, 0.25) is 0 Å². The Morgan fingerprint density at radius 2 is 1.65 bits per heavy atom. The first kappa shape index (κ1) is 17.9. The Kier molecular flexibility index (Phi) is 5.18. The maximum absolute atomic E-state index is 13.1. The first-order valence-corrected chi connectivity index (χ1v) is 7.86. The van der Waals surface area contributed by atoms with Gasteiger partial charge in [-0.1, -0.05) is 60.1 Å². The number of nitrogens with zero attached hydrogens (tertiary/aromatic N) is 3. The van der Waals surface area contributed by atoms with Crippen molar-refractivity contribution in [2.45, 2.75) is 6.18 Å². The molecule has 26 heavy (non-hydrogen) atoms. The predicted molar refractivity (Wildman–Crippen MR) is 95.1 cm³/mol. The monoisotopic (exact) mass is 376 g/mol. The molecule has 0 fully saturated rings. The van der Waals surface area contributed by atoms with Crippen LogP contribution in [0.4, 0.5) is 19.0 Å². The Balaban J connectivity index is 1.92. The Bertz CT molecular complexity index is 927. The Hall–Kier alpha value is -2.93. The number of nitrogens with one attached hydrogen (secondary N) is 1. The molecule has 0 spiro atoms. The molecule has 0 bridgehead atoms. The summed E-state index contributed by atoms with van der Waals surface area (Å²) in [4.78, 5) is 7.71. The van der Waals surface area contributed by atoms with Crippen LogP contribution in [-0.2, 0) is 6.18 Å². The van der Waals surface area contributed by atoms with E-state index in [1.54, 1.807) is 54.6 Å². The number of alkyl halides is 3. The molecule has 0 amide bonds. The molecule has 0 aliphatic heterocycles. The fraction of sp³-hybridized carbons (Fsp3) is 0.0556. The Morgan fingerprint density at radius 3 is 2.35 bits per heavy atom. The normalized spacial score (nSPS) is 11.7. The van der Waals surface area contributed by atoms with E-state index >= 15 is 0 Å². The molecular formula is C18H12ClF3N4. The van der Waals surface area contributed by atoms with Crippen LogP contribution in [0.15, 0.2) is 65.8 Å². The van der Waals surface area contributed by atoms with Crippen molar-refractivity contribution < 1.29 is 13.2 Å². The van der Waals surface area contributed by atoms with Crippen molar-refractivity contribution >= 4 is 23.6 Å². The smallest absolute Gasteiger partial charge is 0.261 e. The van der Waals surface area contributed by atoms with Crippen molar-refractivity contribution in [1.29, 1.82) is 0 Å². The highest BCUT2D eigenvalue weighted by Gasteiger charge is 2.33. The minimum atomic E-state index is -4.60. The van der Waals surface area contributed by atoms with Crippen LogP contribution < -0.4 is 5.43 Å². The summed E-state index contributed by atoms with van der Waals surface area (Å²) in [6, 6.07) is 16.2. The fourth-order valence-corrected chi connectivity index (χ4v) is 2.30. The van der Waals surface area contributed by atoms with Crippen LogP contribution in [0.25, 0.3) is 11.4 Å². The molecule has 0 saturated heterocycles. The number of benzene rings is 2. The quantitative estimate of drug-likeness (QED) is 0.499. The second-order valence-electron chi connectivity index (χ2n) is 5.22. The molecule has 2 aromatic carbocycles. The zero-order valence-electron chi connectivity index (χ0n) is 13.2. The van der Waals surface area contributed by atoms with Crippen molar-refractivity contribution in [3.05, 3.63) is 76.9 Å². The van der Waals surface area contributed by atoms with Crippen LogP contribution in [0.5, 0.6) is 0 Å². The van der Waals surface area contributed by atoms with Crippen LogP contribution in [0, 0.1) is 0 Å². The number of hydrogen-bond acceptors (Lipinski definition) is 4. The lowest BCUT2D eigenvalue weighted by molar-refractivity contribution is -0.141. The van der Waals surface area contributed by atoms with Gasteiger partial charge in [-0.2, -0.15) is 18.3 Å². The molecule has 0 atom stereocenters. The summed E-state index contributed by atoms with van der Waals surface area (Å²) < 4.78 is 39.4. The van der Waals surface area contributed by atoms with Gasteiger partial charge in [0.25, 0.3) is 0 Å². The van der Waals surface area contributed by atoms with E-state index in [2.05, 4.69) is 20.5 Å². The van der Waals surface area contributed by atoms with E-state index < -0.39 is 11.9 Å². The van der Waals surface area contributed by atoms with E-state index in [9.17, 15) is 13.2 Å². The molecule has 1 N–H and O–H groups in total. The standard InChI is InChI=1S/C18H12ClF3N4/c19-14-9-5-4-8-13(14)11-23-26-16-10-15(18(20,21)22)24-17(25-16)12-6-2-1-3-7-12/h1-11H,(H,24,25,26)/b23-11-. The summed E-state index contributed by atoms with van der Waals surface area (Å²) in [6.07, 6.45) is -3.20. The van der Waals surface area contributed by atoms with E-state index in [1.165, 1.54) is 6.21 Å². The van der Waals surface area contributed by atoms with E-state index in [0.717, 1.165) is 6.07 Å². The summed E-state index contributed by atoms with van der Waals surface area (Å²) in [5, 5.41) is 4.39. The maximum atomic E-state index is 13.1. The Labute approximate surface area is 152 Å². The summed E-state index contributed by atoms with van der Waals surface area (Å²) in [5.74, 6) is -0.120. The molecular weight excluding hydrogens is 365 g/mol. The molecule has 1 aromatic heterocycles. The average molecular weight is 377 g/mol. The molecule has 3 rings (SSSR count). The first-order valence-electron chi connectivity index (χ1n) is 7.49. The second-order valence-corrected chi connectivity index (χ2v) is 5.62. The summed E-state index contributed by atoms with van der Waals surface area (Å²) in [6.45, 7) is 0. The van der Waals surface area contributed by atoms with Gasteiger partial charge in [0.05, 0.1) is 6.21 Å². The second kappa shape index (κ2) is 7.53. The third-order valence-electron chi connectivity index (χ3n) is 3.34. The van der Waals surface area contributed by atoms with Gasteiger partial charge in [0.1, 0.15) is 0 Å². The van der Waals surface area contributed by atoms with E-state index in [1.807, 2.05) is 0 Å². The minimum Gasteiger partial charge on any atom is -0.261 e. The molecule has 8 heteroatoms. The van der Waals surface area contributed by atoms with Crippen molar-refractivity contribution in [2.24, 2.45) is 5.10 Å². The SMILES string of the molecule is FC(F)(F)c1cc(N/N=C\c2ccccc2Cl)nc(-c2ccccc2)n1. The van der Waals surface area contributed by atoms with Crippen molar-refractivity contribution in [1.82, 2.24) is 9.97 Å². The zero-order chi connectivity index (χ0) is 18.6. The minimum absolute atomic E-state index is 0.0455. The van der Waals surface area contributed by atoms with Crippen molar-refractivity contribution in [2.75, 3.05) is 5.43 Å². The van der Waals surface area contributed by atoms with Crippen LogP contribution in [0.2, 0.25) is 5.02 Å². The molecule has 132 valence electrons. The van der Waals surface area contributed by atoms with Crippen LogP contribution >= 0.6 is 11.6 Å². The number of halogens is 4. The largest absolute Gasteiger partial charge is 0.433 e. The third kappa shape index (κ3) is 4.37. The fourth-order valence-electron chi connectivity index (χ4n) is 2.11. The highest BCUT2D eigenvalue weighted by atomic mass is 35.5. The Morgan fingerprint density at radius 1 is 0.962 bits per heavy atom. The average Bonchev–Trinajstić information content (AvgIpc) is 2.63. The van der Waals surface area contributed by atoms with Gasteiger partial charge in [-0.3, -0.25) is 5.43 Å². The van der Waals surface area contributed by atoms with Gasteiger partial charge in [-0.05, 0) is 6.07 Å². The summed E-state index contributed by atoms with van der Waals surface area (Å²) >= 11 is 6.00. The van der Waals surface area contributed by atoms with Gasteiger partial charge < -0.3 is 0 Å². The molecule has 0 aliphatic rings. The number of hydrogen-bond donors (Lipinski definition) is 1. The molecule has 0 aliphatic carbocycles. The molecule has 4 nitrogen and oxygen atoms in total. The molecule has 0 radical (unpaired) electrons. The molecule has 0 saturated carbocycles.